The molecule has 3 aromatic carbocycles. The van der Waals surface area contributed by atoms with E-state index in [1.54, 1.807) is 0 Å². The standard InChI is InChI=1S/3C10H13.C4H9O.Hf/c3*1-10(2,3)9-7-5-4-6-8-9;1-2-3-4-5;/h3*4-8H,1H2,2-3H3;2-4H2,1H3;/q;;;-1;+1. The third-order valence-corrected chi connectivity index (χ3v) is 27.3. The van der Waals surface area contributed by atoms with Crippen LogP contribution in [0.25, 0.3) is 0 Å². The van der Waals surface area contributed by atoms with Gasteiger partial charge in [0.1, 0.15) is 0 Å². The first kappa shape index (κ1) is 29.1. The maximum absolute atomic E-state index is 7.36. The Bertz CT molecular complexity index is 908. The molecule has 3 rings (SSSR count). The van der Waals surface area contributed by atoms with Crippen molar-refractivity contribution in [2.24, 2.45) is 0 Å². The summed E-state index contributed by atoms with van der Waals surface area (Å²) < 4.78 is 10.9. The van der Waals surface area contributed by atoms with Crippen molar-refractivity contribution < 1.29 is 23.3 Å². The molecule has 36 heavy (non-hydrogen) atoms. The zero-order valence-corrected chi connectivity index (χ0v) is 27.4. The monoisotopic (exact) mass is 652 g/mol. The van der Waals surface area contributed by atoms with Gasteiger partial charge in [-0.15, -0.1) is 0 Å². The number of benzene rings is 3. The first-order valence-electron chi connectivity index (χ1n) is 13.8. The van der Waals surface area contributed by atoms with Gasteiger partial charge in [-0.25, -0.2) is 0 Å². The minimum absolute atomic E-state index is 0.0779. The van der Waals surface area contributed by atoms with E-state index in [0.29, 0.717) is 0 Å². The molecule has 0 heterocycles. The van der Waals surface area contributed by atoms with E-state index >= 15 is 0 Å². The normalized spacial score (nSPS) is 13.1. The Morgan fingerprint density at radius 1 is 0.528 bits per heavy atom. The molecule has 194 valence electrons. The van der Waals surface area contributed by atoms with Crippen molar-refractivity contribution in [3.8, 4) is 0 Å². The summed E-state index contributed by atoms with van der Waals surface area (Å²) in [5.74, 6) is 0. The van der Waals surface area contributed by atoms with E-state index in [1.807, 2.05) is 0 Å². The molecule has 2 heteroatoms. The molecule has 0 aromatic heterocycles. The van der Waals surface area contributed by atoms with Gasteiger partial charge in [0.15, 0.2) is 0 Å². The molecule has 3 aromatic rings. The van der Waals surface area contributed by atoms with Crippen LogP contribution in [0, 0.1) is 0 Å². The van der Waals surface area contributed by atoms with Crippen LogP contribution in [0.1, 0.15) is 78.0 Å². The Morgan fingerprint density at radius 3 is 1.11 bits per heavy atom. The molecule has 1 nitrogen and oxygen atoms in total. The summed E-state index contributed by atoms with van der Waals surface area (Å²) >= 11 is -3.49. The van der Waals surface area contributed by atoms with E-state index in [0.717, 1.165) is 13.0 Å². The molecule has 0 amide bonds. The van der Waals surface area contributed by atoms with Crippen molar-refractivity contribution in [2.45, 2.75) is 90.1 Å². The van der Waals surface area contributed by atoms with Gasteiger partial charge in [-0.05, 0) is 0 Å². The van der Waals surface area contributed by atoms with Gasteiger partial charge in [0.05, 0.1) is 0 Å². The van der Waals surface area contributed by atoms with Gasteiger partial charge < -0.3 is 0 Å². The van der Waals surface area contributed by atoms with Crippen LogP contribution >= 0.6 is 0 Å². The summed E-state index contributed by atoms with van der Waals surface area (Å²) in [5.41, 5.74) is 4.54. The fraction of sp³-hybridized carbons (Fsp3) is 0.471. The average molecular weight is 651 g/mol. The van der Waals surface area contributed by atoms with Crippen molar-refractivity contribution in [1.29, 1.82) is 0 Å². The van der Waals surface area contributed by atoms with Gasteiger partial charge in [-0.2, -0.15) is 0 Å². The first-order chi connectivity index (χ1) is 17.0. The zero-order chi connectivity index (χ0) is 26.3. The molecule has 0 spiro atoms. The molecule has 0 bridgehead atoms. The van der Waals surface area contributed by atoms with E-state index in [9.17, 15) is 0 Å². The van der Waals surface area contributed by atoms with Gasteiger partial charge >= 0.3 is 228 Å². The molecule has 0 atom stereocenters. The van der Waals surface area contributed by atoms with E-state index in [2.05, 4.69) is 139 Å². The topological polar surface area (TPSA) is 9.23 Å². The third-order valence-electron chi connectivity index (χ3n) is 7.86. The van der Waals surface area contributed by atoms with E-state index < -0.39 is 20.4 Å². The summed E-state index contributed by atoms with van der Waals surface area (Å²) in [5, 5.41) is 0. The van der Waals surface area contributed by atoms with Gasteiger partial charge in [0.25, 0.3) is 0 Å². The summed E-state index contributed by atoms with van der Waals surface area (Å²) in [6, 6.07) is 33.4. The second-order valence-corrected chi connectivity index (χ2v) is 26.0. The second-order valence-electron chi connectivity index (χ2n) is 12.7. The van der Waals surface area contributed by atoms with E-state index in [4.69, 9.17) is 2.85 Å². The van der Waals surface area contributed by atoms with Crippen LogP contribution < -0.4 is 0 Å². The summed E-state index contributed by atoms with van der Waals surface area (Å²) in [6.07, 6.45) is 2.32. The SMILES string of the molecule is CCCC[O][Hf]([CH2]C(C)(C)c1ccccc1)([CH2]C(C)(C)c1ccccc1)[CH2]C(C)(C)c1ccccc1. The molecule has 0 fully saturated rings. The molecule has 0 saturated carbocycles. The van der Waals surface area contributed by atoms with Gasteiger partial charge in [0, 0.05) is 0 Å². The van der Waals surface area contributed by atoms with Crippen molar-refractivity contribution in [3.05, 3.63) is 108 Å². The molecular formula is C34H48HfO. The van der Waals surface area contributed by atoms with Crippen molar-refractivity contribution in [3.63, 3.8) is 0 Å². The molecule has 0 N–H and O–H groups in total. The first-order valence-corrected chi connectivity index (χ1v) is 22.9. The van der Waals surface area contributed by atoms with Gasteiger partial charge in [-0.3, -0.25) is 0 Å². The molecule has 0 aliphatic rings. The van der Waals surface area contributed by atoms with Gasteiger partial charge in [0.2, 0.25) is 0 Å². The van der Waals surface area contributed by atoms with E-state index in [-0.39, 0.29) is 16.2 Å². The molecule has 0 saturated heterocycles. The van der Waals surface area contributed by atoms with Crippen molar-refractivity contribution in [2.75, 3.05) is 6.61 Å². The Kier molecular flexibility index (Phi) is 9.97. The molecule has 0 aliphatic heterocycles. The second kappa shape index (κ2) is 12.4. The van der Waals surface area contributed by atoms with Crippen molar-refractivity contribution in [1.82, 2.24) is 0 Å². The van der Waals surface area contributed by atoms with Crippen molar-refractivity contribution >= 4 is 0 Å². The predicted octanol–water partition coefficient (Wildman–Crippen LogP) is 10.1. The van der Waals surface area contributed by atoms with Crippen LogP contribution in [0.15, 0.2) is 91.0 Å². The van der Waals surface area contributed by atoms with Crippen LogP contribution in [-0.4, -0.2) is 6.61 Å². The Labute approximate surface area is 226 Å². The summed E-state index contributed by atoms with van der Waals surface area (Å²) in [6.45, 7) is 17.9. The fourth-order valence-corrected chi connectivity index (χ4v) is 30.2. The molecule has 0 aliphatic carbocycles. The third kappa shape index (κ3) is 7.75. The van der Waals surface area contributed by atoms with Gasteiger partial charge in [-0.1, -0.05) is 0 Å². The minimum atomic E-state index is -3.49. The fourth-order valence-electron chi connectivity index (χ4n) is 6.16. The van der Waals surface area contributed by atoms with Crippen LogP contribution in [-0.2, 0) is 39.5 Å². The average Bonchev–Trinajstić information content (AvgIpc) is 2.85. The number of hydrogen-bond donors (Lipinski definition) is 0. The zero-order valence-electron chi connectivity index (χ0n) is 23.8. The number of rotatable bonds is 13. The summed E-state index contributed by atoms with van der Waals surface area (Å²) in [7, 11) is 0. The summed E-state index contributed by atoms with van der Waals surface area (Å²) in [4.78, 5) is 0. The molecular weight excluding hydrogens is 603 g/mol. The quantitative estimate of drug-likeness (QED) is 0.132. The Hall–Kier alpha value is -1.51. The molecule has 0 unspecified atom stereocenters. The predicted molar refractivity (Wildman–Crippen MR) is 154 cm³/mol. The number of hydrogen-bond acceptors (Lipinski definition) is 1. The van der Waals surface area contributed by atoms with Crippen LogP contribution in [0.5, 0.6) is 0 Å². The van der Waals surface area contributed by atoms with Crippen LogP contribution in [0.3, 0.4) is 0 Å². The Balaban J connectivity index is 2.09. The Morgan fingerprint density at radius 2 is 0.833 bits per heavy atom. The molecule has 0 radical (unpaired) electrons. The van der Waals surface area contributed by atoms with Crippen LogP contribution in [0.2, 0.25) is 12.5 Å². The maximum atomic E-state index is 7.36. The van der Waals surface area contributed by atoms with E-state index in [1.165, 1.54) is 35.6 Å². The number of unbranched alkanes of at least 4 members (excludes halogenated alkanes) is 1. The van der Waals surface area contributed by atoms with Crippen LogP contribution in [0.4, 0.5) is 0 Å².